The first-order valence-corrected chi connectivity index (χ1v) is 13.0. The van der Waals surface area contributed by atoms with E-state index in [1.807, 2.05) is 52.8 Å². The average Bonchev–Trinajstić information content (AvgIpc) is 2.67. The van der Waals surface area contributed by atoms with Crippen LogP contribution in [-0.4, -0.2) is 27.1 Å². The van der Waals surface area contributed by atoms with Crippen molar-refractivity contribution in [1.29, 1.82) is 0 Å². The second-order valence-electron chi connectivity index (χ2n) is 9.65. The van der Waals surface area contributed by atoms with E-state index in [9.17, 15) is 13.2 Å². The van der Waals surface area contributed by atoms with Gasteiger partial charge in [-0.2, -0.15) is 0 Å². The highest BCUT2D eigenvalue weighted by atomic mass is 32.2. The van der Waals surface area contributed by atoms with Crippen molar-refractivity contribution in [3.8, 4) is 5.75 Å². The second kappa shape index (κ2) is 10.5. The number of benzene rings is 2. The predicted octanol–water partition coefficient (Wildman–Crippen LogP) is 5.80. The average molecular weight is 460 g/mol. The topological polar surface area (TPSA) is 72.5 Å². The zero-order chi connectivity index (χ0) is 24.1. The molecule has 0 heterocycles. The lowest BCUT2D eigenvalue weighted by atomic mass is 9.89. The number of carbonyl (C=O) groups excluding carboxylic acids is 1. The summed E-state index contributed by atoms with van der Waals surface area (Å²) in [6.07, 6.45) is 4.09. The molecule has 2 aromatic rings. The fourth-order valence-corrected chi connectivity index (χ4v) is 4.22. The Morgan fingerprint density at radius 1 is 1.06 bits per heavy atom. The Morgan fingerprint density at radius 3 is 2.28 bits per heavy atom. The molecular formula is C26H37NO4S. The van der Waals surface area contributed by atoms with Crippen LogP contribution in [0.2, 0.25) is 0 Å². The molecule has 176 valence electrons. The first kappa shape index (κ1) is 25.9. The molecule has 32 heavy (non-hydrogen) atoms. The van der Waals surface area contributed by atoms with Crippen molar-refractivity contribution in [2.24, 2.45) is 5.41 Å². The van der Waals surface area contributed by atoms with Crippen molar-refractivity contribution in [3.63, 3.8) is 0 Å². The lowest BCUT2D eigenvalue weighted by molar-refractivity contribution is -0.128. The second-order valence-corrected chi connectivity index (χ2v) is 11.4. The van der Waals surface area contributed by atoms with Gasteiger partial charge in [-0.1, -0.05) is 52.0 Å². The summed E-state index contributed by atoms with van der Waals surface area (Å²) in [6, 6.07) is 12.1. The van der Waals surface area contributed by atoms with Crippen molar-refractivity contribution in [3.05, 3.63) is 58.7 Å². The number of Topliss-reactive ketones (excluding diaryl/α,β-unsaturated/α-hetero) is 1. The Bertz CT molecular complexity index is 1050. The summed E-state index contributed by atoms with van der Waals surface area (Å²) in [7, 11) is -3.28. The molecule has 1 unspecified atom stereocenters. The fraction of sp³-hybridized carbons (Fsp3) is 0.500. The summed E-state index contributed by atoms with van der Waals surface area (Å²) in [5, 5.41) is 0. The van der Waals surface area contributed by atoms with Gasteiger partial charge in [0.1, 0.15) is 12.4 Å². The number of ether oxygens (including phenoxy) is 1. The summed E-state index contributed by atoms with van der Waals surface area (Å²) >= 11 is 0. The lowest BCUT2D eigenvalue weighted by Gasteiger charge is -2.19. The number of ketones is 1. The standard InChI is InChI=1S/C26H37NO4S/c1-8-21(11-9-20-10-13-23(18(2)15-20)27-32(7,29)30)22-12-14-24(19(3)16-22)31-17-25(28)26(4,5)6/h10,12-16,21,27H,8-9,11,17H2,1-7H3. The van der Waals surface area contributed by atoms with Crippen LogP contribution < -0.4 is 9.46 Å². The smallest absolute Gasteiger partial charge is 0.229 e. The number of sulfonamides is 1. The molecule has 0 aliphatic rings. The maximum absolute atomic E-state index is 12.1. The first-order valence-electron chi connectivity index (χ1n) is 11.1. The molecule has 1 atom stereocenters. The number of nitrogens with one attached hydrogen (secondary N) is 1. The Morgan fingerprint density at radius 2 is 1.75 bits per heavy atom. The maximum atomic E-state index is 12.1. The molecule has 0 radical (unpaired) electrons. The highest BCUT2D eigenvalue weighted by Gasteiger charge is 2.22. The number of rotatable bonds is 10. The largest absolute Gasteiger partial charge is 0.486 e. The Hall–Kier alpha value is -2.34. The van der Waals surface area contributed by atoms with Crippen LogP contribution in [0, 0.1) is 19.3 Å². The third-order valence-electron chi connectivity index (χ3n) is 5.73. The van der Waals surface area contributed by atoms with Crippen molar-refractivity contribution in [2.45, 2.75) is 66.7 Å². The molecule has 0 saturated carbocycles. The molecule has 1 N–H and O–H groups in total. The van der Waals surface area contributed by atoms with Crippen LogP contribution in [-0.2, 0) is 21.2 Å². The Balaban J connectivity index is 2.04. The third kappa shape index (κ3) is 7.66. The molecule has 0 aromatic heterocycles. The van der Waals surface area contributed by atoms with Gasteiger partial charge in [0.25, 0.3) is 0 Å². The molecule has 5 nitrogen and oxygen atoms in total. The van der Waals surface area contributed by atoms with Crippen molar-refractivity contribution >= 4 is 21.5 Å². The van der Waals surface area contributed by atoms with E-state index in [0.717, 1.165) is 42.4 Å². The minimum atomic E-state index is -3.28. The van der Waals surface area contributed by atoms with Gasteiger partial charge in [0, 0.05) is 5.41 Å². The summed E-state index contributed by atoms with van der Waals surface area (Å²) in [5.41, 5.74) is 4.64. The van der Waals surface area contributed by atoms with Crippen LogP contribution in [0.15, 0.2) is 36.4 Å². The van der Waals surface area contributed by atoms with Gasteiger partial charge in [-0.15, -0.1) is 0 Å². The third-order valence-corrected chi connectivity index (χ3v) is 6.32. The van der Waals surface area contributed by atoms with Crippen LogP contribution >= 0.6 is 0 Å². The summed E-state index contributed by atoms with van der Waals surface area (Å²) in [5.74, 6) is 1.25. The monoisotopic (exact) mass is 459 g/mol. The van der Waals surface area contributed by atoms with Gasteiger partial charge in [0.15, 0.2) is 5.78 Å². The number of anilines is 1. The van der Waals surface area contributed by atoms with Crippen LogP contribution in [0.4, 0.5) is 5.69 Å². The van der Waals surface area contributed by atoms with Crippen LogP contribution in [0.3, 0.4) is 0 Å². The van der Waals surface area contributed by atoms with Gasteiger partial charge < -0.3 is 4.74 Å². The lowest BCUT2D eigenvalue weighted by Crippen LogP contribution is -2.26. The van der Waals surface area contributed by atoms with E-state index in [4.69, 9.17) is 4.74 Å². The molecule has 0 aliphatic heterocycles. The zero-order valence-electron chi connectivity index (χ0n) is 20.4. The van der Waals surface area contributed by atoms with Gasteiger partial charge in [0.05, 0.1) is 11.9 Å². The minimum absolute atomic E-state index is 0.0838. The number of hydrogen-bond acceptors (Lipinski definition) is 4. The quantitative estimate of drug-likeness (QED) is 0.488. The minimum Gasteiger partial charge on any atom is -0.486 e. The number of aryl methyl sites for hydroxylation is 3. The maximum Gasteiger partial charge on any atom is 0.229 e. The van der Waals surface area contributed by atoms with E-state index < -0.39 is 15.4 Å². The van der Waals surface area contributed by atoms with Crippen LogP contribution in [0.25, 0.3) is 0 Å². The Kier molecular flexibility index (Phi) is 8.52. The predicted molar refractivity (Wildman–Crippen MR) is 132 cm³/mol. The van der Waals surface area contributed by atoms with E-state index in [1.165, 1.54) is 11.1 Å². The summed E-state index contributed by atoms with van der Waals surface area (Å²) < 4.78 is 31.3. The van der Waals surface area contributed by atoms with Gasteiger partial charge in [-0.25, -0.2) is 8.42 Å². The van der Waals surface area contributed by atoms with Crippen molar-refractivity contribution in [1.82, 2.24) is 0 Å². The molecule has 0 bridgehead atoms. The summed E-state index contributed by atoms with van der Waals surface area (Å²) in [4.78, 5) is 12.1. The summed E-state index contributed by atoms with van der Waals surface area (Å²) in [6.45, 7) is 11.9. The highest BCUT2D eigenvalue weighted by molar-refractivity contribution is 7.92. The molecule has 2 rings (SSSR count). The molecule has 0 saturated heterocycles. The van der Waals surface area contributed by atoms with Gasteiger partial charge in [-0.05, 0) is 73.4 Å². The molecule has 6 heteroatoms. The van der Waals surface area contributed by atoms with E-state index in [0.29, 0.717) is 11.6 Å². The molecule has 0 amide bonds. The molecule has 0 aliphatic carbocycles. The van der Waals surface area contributed by atoms with Crippen molar-refractivity contribution < 1.29 is 17.9 Å². The van der Waals surface area contributed by atoms with Gasteiger partial charge >= 0.3 is 0 Å². The molecule has 0 fully saturated rings. The zero-order valence-corrected chi connectivity index (χ0v) is 21.2. The number of carbonyl (C=O) groups is 1. The van der Waals surface area contributed by atoms with E-state index >= 15 is 0 Å². The van der Waals surface area contributed by atoms with Gasteiger partial charge in [0.2, 0.25) is 10.0 Å². The van der Waals surface area contributed by atoms with E-state index in [-0.39, 0.29) is 12.4 Å². The van der Waals surface area contributed by atoms with E-state index in [2.05, 4.69) is 29.8 Å². The van der Waals surface area contributed by atoms with Gasteiger partial charge in [-0.3, -0.25) is 9.52 Å². The normalized spacial score (nSPS) is 13.0. The fourth-order valence-electron chi connectivity index (χ4n) is 3.59. The van der Waals surface area contributed by atoms with Crippen LogP contribution in [0.5, 0.6) is 5.75 Å². The molecule has 2 aromatic carbocycles. The SMILES string of the molecule is CCC(CCc1ccc(NS(C)(=O)=O)c(C)c1)c1ccc(OCC(=O)C(C)(C)C)c(C)c1. The molecule has 0 spiro atoms. The van der Waals surface area contributed by atoms with E-state index in [1.54, 1.807) is 0 Å². The van der Waals surface area contributed by atoms with Crippen molar-refractivity contribution in [2.75, 3.05) is 17.6 Å². The highest BCUT2D eigenvalue weighted by Crippen LogP contribution is 2.30. The molecular weight excluding hydrogens is 422 g/mol. The Labute approximate surface area is 193 Å². The number of hydrogen-bond donors (Lipinski definition) is 1. The van der Waals surface area contributed by atoms with Crippen LogP contribution in [0.1, 0.15) is 68.7 Å². The first-order chi connectivity index (χ1) is 14.8.